The third-order valence-electron chi connectivity index (χ3n) is 6.20. The molecule has 0 aromatic carbocycles. The lowest BCUT2D eigenvalue weighted by Crippen LogP contribution is -2.39. The Morgan fingerprint density at radius 2 is 1.96 bits per heavy atom. The quantitative estimate of drug-likeness (QED) is 0.537. The topological polar surface area (TPSA) is 55.2 Å². The van der Waals surface area contributed by atoms with Crippen molar-refractivity contribution in [3.8, 4) is 0 Å². The number of hydrogen-bond donors (Lipinski definition) is 0. The minimum Gasteiger partial charge on any atom is -0.342 e. The van der Waals surface area contributed by atoms with E-state index in [0.717, 1.165) is 42.3 Å². The Balaban J connectivity index is 1.56. The molecular weight excluding hydrogens is 390 g/mol. The van der Waals surface area contributed by atoms with Gasteiger partial charge >= 0.3 is 0 Å². The second-order valence-corrected chi connectivity index (χ2v) is 9.95. The maximum atomic E-state index is 13.2. The average molecular weight is 420 g/mol. The van der Waals surface area contributed by atoms with E-state index in [1.165, 1.54) is 47.9 Å². The highest BCUT2D eigenvalue weighted by Crippen LogP contribution is 2.34. The maximum absolute atomic E-state index is 13.2. The van der Waals surface area contributed by atoms with Crippen LogP contribution >= 0.6 is 23.1 Å². The van der Waals surface area contributed by atoms with Crippen molar-refractivity contribution in [1.29, 1.82) is 0 Å². The first-order valence-corrected chi connectivity index (χ1v) is 12.3. The number of amides is 1. The molecule has 0 N–H and O–H groups in total. The Hall–Kier alpha value is -1.34. The van der Waals surface area contributed by atoms with Gasteiger partial charge in [0, 0.05) is 24.5 Å². The number of aryl methyl sites for hydroxylation is 2. The molecule has 4 rings (SSSR count). The Kier molecular flexibility index (Phi) is 6.11. The van der Waals surface area contributed by atoms with Gasteiger partial charge in [-0.3, -0.25) is 14.2 Å². The van der Waals surface area contributed by atoms with Gasteiger partial charge in [0.05, 0.1) is 11.1 Å². The van der Waals surface area contributed by atoms with Crippen LogP contribution in [0.1, 0.15) is 62.3 Å². The van der Waals surface area contributed by atoms with Gasteiger partial charge in [-0.2, -0.15) is 0 Å². The molecule has 1 saturated carbocycles. The highest BCUT2D eigenvalue weighted by molar-refractivity contribution is 7.99. The zero-order valence-electron chi connectivity index (χ0n) is 16.8. The summed E-state index contributed by atoms with van der Waals surface area (Å²) in [5, 5.41) is 1.51. The molecule has 28 heavy (non-hydrogen) atoms. The predicted octanol–water partition coefficient (Wildman–Crippen LogP) is 4.24. The Morgan fingerprint density at radius 1 is 1.21 bits per heavy atom. The molecule has 0 radical (unpaired) electrons. The molecule has 2 aliphatic rings. The van der Waals surface area contributed by atoms with Crippen LogP contribution in [-0.4, -0.2) is 39.2 Å². The first kappa shape index (κ1) is 20.0. The summed E-state index contributed by atoms with van der Waals surface area (Å²) in [6, 6.07) is 0.370. The molecule has 1 amide bonds. The van der Waals surface area contributed by atoms with Crippen LogP contribution < -0.4 is 5.56 Å². The normalized spacial score (nSPS) is 17.6. The van der Waals surface area contributed by atoms with E-state index in [1.807, 2.05) is 18.9 Å². The van der Waals surface area contributed by atoms with Crippen molar-refractivity contribution in [3.05, 3.63) is 20.8 Å². The summed E-state index contributed by atoms with van der Waals surface area (Å²) in [5.74, 6) is 0.482. The number of carbonyl (C=O) groups excluding carboxylic acids is 1. The van der Waals surface area contributed by atoms with Gasteiger partial charge in [-0.15, -0.1) is 11.3 Å². The van der Waals surface area contributed by atoms with Gasteiger partial charge in [0.1, 0.15) is 4.83 Å². The number of carbonyl (C=O) groups is 1. The van der Waals surface area contributed by atoms with Gasteiger partial charge in [-0.05, 0) is 51.0 Å². The van der Waals surface area contributed by atoms with E-state index in [2.05, 4.69) is 0 Å². The molecule has 0 saturated heterocycles. The first-order chi connectivity index (χ1) is 13.6. The molecule has 5 nitrogen and oxygen atoms in total. The van der Waals surface area contributed by atoms with E-state index in [0.29, 0.717) is 23.5 Å². The number of hydrogen-bond acceptors (Lipinski definition) is 5. The fraction of sp³-hybridized carbons (Fsp3) is 0.667. The van der Waals surface area contributed by atoms with Crippen molar-refractivity contribution in [3.63, 3.8) is 0 Å². The molecule has 0 atom stereocenters. The fourth-order valence-electron chi connectivity index (χ4n) is 4.51. The molecule has 2 heterocycles. The van der Waals surface area contributed by atoms with Crippen LogP contribution in [0.15, 0.2) is 9.95 Å². The minimum atomic E-state index is 0.0717. The molecule has 0 spiro atoms. The largest absolute Gasteiger partial charge is 0.342 e. The number of nitrogens with zero attached hydrogens (tertiary/aromatic N) is 3. The van der Waals surface area contributed by atoms with Crippen LogP contribution in [0.2, 0.25) is 0 Å². The summed E-state index contributed by atoms with van der Waals surface area (Å²) in [5.41, 5.74) is 1.30. The highest BCUT2D eigenvalue weighted by Gasteiger charge is 2.24. The van der Waals surface area contributed by atoms with Crippen molar-refractivity contribution in [2.45, 2.75) is 82.5 Å². The lowest BCUT2D eigenvalue weighted by atomic mass is 9.94. The molecular formula is C21H29N3O2S2. The van der Waals surface area contributed by atoms with Gasteiger partial charge < -0.3 is 4.90 Å². The van der Waals surface area contributed by atoms with Crippen LogP contribution in [0.3, 0.4) is 0 Å². The standard InChI is InChI=1S/C21H29N3O2S2/c1-3-24-20(26)18-15-11-7-8-12-16(15)28-19(18)22-21(24)27-13-17(25)23(2)14-9-5-4-6-10-14/h14H,3-13H2,1-2H3. The molecule has 1 fully saturated rings. The monoisotopic (exact) mass is 419 g/mol. The number of aromatic nitrogens is 2. The van der Waals surface area contributed by atoms with Gasteiger partial charge in [0.15, 0.2) is 5.16 Å². The molecule has 7 heteroatoms. The predicted molar refractivity (Wildman–Crippen MR) is 117 cm³/mol. The van der Waals surface area contributed by atoms with E-state index >= 15 is 0 Å². The van der Waals surface area contributed by atoms with Crippen LogP contribution in [0.4, 0.5) is 0 Å². The zero-order chi connectivity index (χ0) is 19.7. The highest BCUT2D eigenvalue weighted by atomic mass is 32.2. The van der Waals surface area contributed by atoms with E-state index in [9.17, 15) is 9.59 Å². The Labute approximate surface area is 174 Å². The Morgan fingerprint density at radius 3 is 2.71 bits per heavy atom. The lowest BCUT2D eigenvalue weighted by Gasteiger charge is -2.31. The van der Waals surface area contributed by atoms with Crippen LogP contribution in [0, 0.1) is 0 Å². The summed E-state index contributed by atoms with van der Waals surface area (Å²) in [4.78, 5) is 34.8. The number of fused-ring (bicyclic) bond motifs is 3. The third kappa shape index (κ3) is 3.75. The third-order valence-corrected chi connectivity index (χ3v) is 8.34. The molecule has 2 aromatic rings. The van der Waals surface area contributed by atoms with Crippen LogP contribution in [0.5, 0.6) is 0 Å². The average Bonchev–Trinajstić information content (AvgIpc) is 3.10. The van der Waals surface area contributed by atoms with Crippen molar-refractivity contribution in [1.82, 2.24) is 14.5 Å². The second-order valence-electron chi connectivity index (χ2n) is 7.92. The van der Waals surface area contributed by atoms with Crippen molar-refractivity contribution < 1.29 is 4.79 Å². The smallest absolute Gasteiger partial charge is 0.263 e. The van der Waals surface area contributed by atoms with E-state index in [4.69, 9.17) is 4.98 Å². The number of thiophene rings is 1. The summed E-state index contributed by atoms with van der Waals surface area (Å²) in [6.45, 7) is 2.56. The first-order valence-electron chi connectivity index (χ1n) is 10.5. The Bertz CT molecular complexity index is 928. The van der Waals surface area contributed by atoms with E-state index < -0.39 is 0 Å². The summed E-state index contributed by atoms with van der Waals surface area (Å²) in [7, 11) is 1.93. The summed E-state index contributed by atoms with van der Waals surface area (Å²) < 4.78 is 1.75. The SMILES string of the molecule is CCn1c(SCC(=O)N(C)C2CCCCC2)nc2sc3c(c2c1=O)CCCC3. The number of rotatable bonds is 5. The molecule has 2 aromatic heterocycles. The van der Waals surface area contributed by atoms with Crippen molar-refractivity contribution >= 4 is 39.2 Å². The van der Waals surface area contributed by atoms with Gasteiger partial charge in [-0.1, -0.05) is 31.0 Å². The summed E-state index contributed by atoms with van der Waals surface area (Å²) in [6.07, 6.45) is 10.3. The van der Waals surface area contributed by atoms with Gasteiger partial charge in [0.2, 0.25) is 5.91 Å². The number of thioether (sulfide) groups is 1. The minimum absolute atomic E-state index is 0.0717. The fourth-order valence-corrected chi connectivity index (χ4v) is 6.80. The zero-order valence-corrected chi connectivity index (χ0v) is 18.5. The molecule has 0 bridgehead atoms. The maximum Gasteiger partial charge on any atom is 0.263 e. The van der Waals surface area contributed by atoms with Gasteiger partial charge in [-0.25, -0.2) is 4.98 Å². The van der Waals surface area contributed by atoms with E-state index in [1.54, 1.807) is 15.9 Å². The van der Waals surface area contributed by atoms with Gasteiger partial charge in [0.25, 0.3) is 5.56 Å². The second kappa shape index (κ2) is 8.57. The van der Waals surface area contributed by atoms with Crippen LogP contribution in [-0.2, 0) is 24.2 Å². The van der Waals surface area contributed by atoms with Crippen molar-refractivity contribution in [2.75, 3.05) is 12.8 Å². The van der Waals surface area contributed by atoms with Crippen molar-refractivity contribution in [2.24, 2.45) is 0 Å². The van der Waals surface area contributed by atoms with Crippen LogP contribution in [0.25, 0.3) is 10.2 Å². The van der Waals surface area contributed by atoms with E-state index in [-0.39, 0.29) is 11.5 Å². The molecule has 0 aliphatic heterocycles. The molecule has 2 aliphatic carbocycles. The lowest BCUT2D eigenvalue weighted by molar-refractivity contribution is -0.129. The molecule has 0 unspecified atom stereocenters. The molecule has 152 valence electrons. The summed E-state index contributed by atoms with van der Waals surface area (Å²) >= 11 is 3.09.